The Morgan fingerprint density at radius 3 is 2.65 bits per heavy atom. The van der Waals surface area contributed by atoms with Crippen molar-refractivity contribution in [2.45, 2.75) is 39.5 Å². The second kappa shape index (κ2) is 9.75. The highest BCUT2D eigenvalue weighted by Crippen LogP contribution is 2.26. The summed E-state index contributed by atoms with van der Waals surface area (Å²) in [4.78, 5) is 15.9. The average molecular weight is 430 g/mol. The third-order valence-corrected chi connectivity index (χ3v) is 4.17. The van der Waals surface area contributed by atoms with E-state index in [4.69, 9.17) is 5.73 Å². The molecule has 0 bridgehead atoms. The number of nitrogens with one attached hydrogen (secondary N) is 2. The number of carbonyl (C=O) groups is 1. The van der Waals surface area contributed by atoms with E-state index in [0.717, 1.165) is 24.9 Å². The van der Waals surface area contributed by atoms with Crippen LogP contribution in [-0.4, -0.2) is 25.0 Å². The maximum atomic E-state index is 11.6. The molecule has 1 amide bonds. The average Bonchev–Trinajstić information content (AvgIpc) is 2.40. The lowest BCUT2D eigenvalue weighted by Crippen LogP contribution is -2.35. The molecular formula is C17H27IN4O. The van der Waals surface area contributed by atoms with Crippen LogP contribution in [0.4, 0.5) is 5.69 Å². The Labute approximate surface area is 155 Å². The number of nitrogens with two attached hydrogens (primary N) is 1. The standard InChI is InChI=1S/C17H26N4O.HI/c1-12-7-8-15(11-13(12)2)21-17(18)20-10-4-9-19-16(22)14-5-3-6-14;/h7-8,11,14H,3-6,9-10H2,1-2H3,(H,19,22)(H3,18,20,21);1H. The second-order valence-corrected chi connectivity index (χ2v) is 5.96. The second-order valence-electron chi connectivity index (χ2n) is 5.96. The molecule has 1 fully saturated rings. The van der Waals surface area contributed by atoms with Crippen molar-refractivity contribution in [3.8, 4) is 0 Å². The van der Waals surface area contributed by atoms with Crippen LogP contribution in [0.5, 0.6) is 0 Å². The van der Waals surface area contributed by atoms with Crippen LogP contribution < -0.4 is 16.4 Å². The highest BCUT2D eigenvalue weighted by molar-refractivity contribution is 14.0. The van der Waals surface area contributed by atoms with E-state index < -0.39 is 0 Å². The van der Waals surface area contributed by atoms with E-state index in [2.05, 4.69) is 41.6 Å². The van der Waals surface area contributed by atoms with Crippen LogP contribution in [-0.2, 0) is 4.79 Å². The SMILES string of the molecule is Cc1ccc(NC(N)=NCCCNC(=O)C2CCC2)cc1C.I. The largest absolute Gasteiger partial charge is 0.370 e. The van der Waals surface area contributed by atoms with Gasteiger partial charge < -0.3 is 16.4 Å². The van der Waals surface area contributed by atoms with Gasteiger partial charge in [-0.05, 0) is 56.4 Å². The van der Waals surface area contributed by atoms with Crippen LogP contribution >= 0.6 is 24.0 Å². The fourth-order valence-corrected chi connectivity index (χ4v) is 2.31. The Morgan fingerprint density at radius 1 is 1.30 bits per heavy atom. The summed E-state index contributed by atoms with van der Waals surface area (Å²) in [5, 5.41) is 6.04. The van der Waals surface area contributed by atoms with E-state index >= 15 is 0 Å². The third-order valence-electron chi connectivity index (χ3n) is 4.17. The minimum atomic E-state index is 0. The van der Waals surface area contributed by atoms with Crippen molar-refractivity contribution in [2.75, 3.05) is 18.4 Å². The minimum Gasteiger partial charge on any atom is -0.370 e. The predicted molar refractivity (Wildman–Crippen MR) is 106 cm³/mol. The van der Waals surface area contributed by atoms with Crippen LogP contribution in [0, 0.1) is 19.8 Å². The molecule has 0 aliphatic heterocycles. The number of carbonyl (C=O) groups excluding carboxylic acids is 1. The zero-order valence-corrected chi connectivity index (χ0v) is 16.2. The molecule has 4 N–H and O–H groups in total. The molecule has 1 saturated carbocycles. The Kier molecular flexibility index (Phi) is 8.36. The van der Waals surface area contributed by atoms with Crippen LogP contribution in [0.25, 0.3) is 0 Å². The maximum absolute atomic E-state index is 11.6. The smallest absolute Gasteiger partial charge is 0.223 e. The highest BCUT2D eigenvalue weighted by atomic mass is 127. The maximum Gasteiger partial charge on any atom is 0.223 e. The molecule has 0 saturated heterocycles. The molecule has 0 radical (unpaired) electrons. The van der Waals surface area contributed by atoms with Crippen molar-refractivity contribution in [1.82, 2.24) is 5.32 Å². The number of amides is 1. The quantitative estimate of drug-likeness (QED) is 0.281. The van der Waals surface area contributed by atoms with Gasteiger partial charge in [-0.15, -0.1) is 24.0 Å². The zero-order valence-electron chi connectivity index (χ0n) is 13.9. The summed E-state index contributed by atoms with van der Waals surface area (Å²) in [5.41, 5.74) is 9.29. The molecule has 2 rings (SSSR count). The first-order valence-corrected chi connectivity index (χ1v) is 7.98. The van der Waals surface area contributed by atoms with Gasteiger partial charge in [-0.2, -0.15) is 0 Å². The molecule has 23 heavy (non-hydrogen) atoms. The van der Waals surface area contributed by atoms with Crippen LogP contribution in [0.15, 0.2) is 23.2 Å². The molecule has 0 atom stereocenters. The summed E-state index contributed by atoms with van der Waals surface area (Å²) in [7, 11) is 0. The van der Waals surface area contributed by atoms with Crippen LogP contribution in [0.1, 0.15) is 36.8 Å². The molecule has 6 heteroatoms. The predicted octanol–water partition coefficient (Wildman–Crippen LogP) is 2.95. The number of hydrogen-bond acceptors (Lipinski definition) is 2. The topological polar surface area (TPSA) is 79.5 Å². The number of hydrogen-bond donors (Lipinski definition) is 3. The number of aryl methyl sites for hydroxylation is 2. The molecule has 0 unspecified atom stereocenters. The van der Waals surface area contributed by atoms with Crippen LogP contribution in [0.3, 0.4) is 0 Å². The first kappa shape index (κ1) is 19.7. The van der Waals surface area contributed by atoms with Crippen molar-refractivity contribution in [3.63, 3.8) is 0 Å². The van der Waals surface area contributed by atoms with Crippen molar-refractivity contribution in [3.05, 3.63) is 29.3 Å². The number of benzene rings is 1. The van der Waals surface area contributed by atoms with Crippen molar-refractivity contribution in [1.29, 1.82) is 0 Å². The number of aliphatic imine (C=N–C) groups is 1. The van der Waals surface area contributed by atoms with E-state index in [1.807, 2.05) is 6.07 Å². The molecule has 1 aromatic rings. The van der Waals surface area contributed by atoms with Gasteiger partial charge in [0, 0.05) is 24.7 Å². The van der Waals surface area contributed by atoms with Crippen LogP contribution in [0.2, 0.25) is 0 Å². The molecule has 0 spiro atoms. The Balaban J connectivity index is 0.00000264. The number of nitrogens with zero attached hydrogens (tertiary/aromatic N) is 1. The van der Waals surface area contributed by atoms with E-state index in [1.54, 1.807) is 0 Å². The molecule has 0 aromatic heterocycles. The monoisotopic (exact) mass is 430 g/mol. The number of halogens is 1. The van der Waals surface area contributed by atoms with Gasteiger partial charge in [-0.3, -0.25) is 9.79 Å². The fourth-order valence-electron chi connectivity index (χ4n) is 2.31. The van der Waals surface area contributed by atoms with Crippen molar-refractivity contribution in [2.24, 2.45) is 16.6 Å². The number of anilines is 1. The van der Waals surface area contributed by atoms with E-state index in [-0.39, 0.29) is 35.8 Å². The lowest BCUT2D eigenvalue weighted by atomic mass is 9.85. The minimum absolute atomic E-state index is 0. The van der Waals surface area contributed by atoms with Gasteiger partial charge in [-0.25, -0.2) is 0 Å². The van der Waals surface area contributed by atoms with Crippen molar-refractivity contribution >= 4 is 41.5 Å². The molecule has 0 heterocycles. The molecule has 1 aliphatic carbocycles. The lowest BCUT2D eigenvalue weighted by Gasteiger charge is -2.23. The normalized spacial score (nSPS) is 14.6. The number of rotatable bonds is 6. The summed E-state index contributed by atoms with van der Waals surface area (Å²) in [6.07, 6.45) is 4.06. The summed E-state index contributed by atoms with van der Waals surface area (Å²) >= 11 is 0. The Morgan fingerprint density at radius 2 is 2.04 bits per heavy atom. The lowest BCUT2D eigenvalue weighted by molar-refractivity contribution is -0.127. The first-order valence-electron chi connectivity index (χ1n) is 7.98. The Bertz CT molecular complexity index is 556. The molecule has 128 valence electrons. The van der Waals surface area contributed by atoms with Gasteiger partial charge in [0.1, 0.15) is 0 Å². The van der Waals surface area contributed by atoms with Gasteiger partial charge in [0.15, 0.2) is 5.96 Å². The van der Waals surface area contributed by atoms with E-state index in [9.17, 15) is 4.79 Å². The van der Waals surface area contributed by atoms with Crippen molar-refractivity contribution < 1.29 is 4.79 Å². The van der Waals surface area contributed by atoms with Gasteiger partial charge in [0.25, 0.3) is 0 Å². The number of guanidine groups is 1. The molecule has 5 nitrogen and oxygen atoms in total. The van der Waals surface area contributed by atoms with Gasteiger partial charge in [0.2, 0.25) is 5.91 Å². The Hall–Kier alpha value is -1.31. The highest BCUT2D eigenvalue weighted by Gasteiger charge is 2.24. The summed E-state index contributed by atoms with van der Waals surface area (Å²) in [5.74, 6) is 0.852. The van der Waals surface area contributed by atoms with Gasteiger partial charge in [0.05, 0.1) is 0 Å². The van der Waals surface area contributed by atoms with Gasteiger partial charge in [-0.1, -0.05) is 12.5 Å². The molecular weight excluding hydrogens is 403 g/mol. The fraction of sp³-hybridized carbons (Fsp3) is 0.529. The summed E-state index contributed by atoms with van der Waals surface area (Å²) < 4.78 is 0. The molecule has 1 aromatic carbocycles. The van der Waals surface area contributed by atoms with E-state index in [1.165, 1.54) is 17.5 Å². The zero-order chi connectivity index (χ0) is 15.9. The first-order chi connectivity index (χ1) is 10.6. The van der Waals surface area contributed by atoms with E-state index in [0.29, 0.717) is 19.0 Å². The van der Waals surface area contributed by atoms with Gasteiger partial charge >= 0.3 is 0 Å². The molecule has 1 aliphatic rings. The summed E-state index contributed by atoms with van der Waals surface area (Å²) in [6, 6.07) is 6.10. The third kappa shape index (κ3) is 6.37. The summed E-state index contributed by atoms with van der Waals surface area (Å²) in [6.45, 7) is 5.41.